The lowest BCUT2D eigenvalue weighted by molar-refractivity contribution is 0.0402. The number of sulfonamides is 1. The third-order valence-corrected chi connectivity index (χ3v) is 5.83. The Labute approximate surface area is 126 Å². The van der Waals surface area contributed by atoms with Crippen molar-refractivity contribution in [3.63, 3.8) is 0 Å². The summed E-state index contributed by atoms with van der Waals surface area (Å²) < 4.78 is 31.9. The second-order valence-electron chi connectivity index (χ2n) is 5.27. The molecule has 0 saturated carbocycles. The molecule has 1 aliphatic heterocycles. The zero-order valence-electron chi connectivity index (χ0n) is 12.3. The fourth-order valence-corrected chi connectivity index (χ4v) is 4.40. The number of nitrogens with zero attached hydrogens (tertiary/aromatic N) is 2. The molecular formula is C14H23N3O3S. The molecule has 1 aromatic rings. The molecule has 7 heteroatoms. The van der Waals surface area contributed by atoms with E-state index in [1.165, 1.54) is 0 Å². The van der Waals surface area contributed by atoms with Crippen LogP contribution in [0.3, 0.4) is 0 Å². The van der Waals surface area contributed by atoms with E-state index in [4.69, 9.17) is 10.5 Å². The van der Waals surface area contributed by atoms with Crippen molar-refractivity contribution in [1.29, 1.82) is 0 Å². The zero-order valence-corrected chi connectivity index (χ0v) is 13.1. The quantitative estimate of drug-likeness (QED) is 0.821. The van der Waals surface area contributed by atoms with Gasteiger partial charge in [0, 0.05) is 44.6 Å². The molecule has 2 unspecified atom stereocenters. The van der Waals surface area contributed by atoms with Crippen molar-refractivity contribution in [2.75, 3.05) is 26.0 Å². The first-order valence-electron chi connectivity index (χ1n) is 7.19. The van der Waals surface area contributed by atoms with Crippen molar-refractivity contribution in [1.82, 2.24) is 9.29 Å². The first-order valence-corrected chi connectivity index (χ1v) is 8.80. The van der Waals surface area contributed by atoms with Gasteiger partial charge in [0.15, 0.2) is 0 Å². The van der Waals surface area contributed by atoms with Gasteiger partial charge in [0.25, 0.3) is 0 Å². The second-order valence-corrected chi connectivity index (χ2v) is 7.31. The van der Waals surface area contributed by atoms with Crippen LogP contribution in [0.2, 0.25) is 0 Å². The van der Waals surface area contributed by atoms with Gasteiger partial charge in [0.05, 0.1) is 11.9 Å². The number of ether oxygens (including phenoxy) is 1. The average Bonchev–Trinajstić information content (AvgIpc) is 2.53. The van der Waals surface area contributed by atoms with Crippen LogP contribution >= 0.6 is 0 Å². The summed E-state index contributed by atoms with van der Waals surface area (Å²) >= 11 is 0. The number of nitrogens with two attached hydrogens (primary N) is 1. The van der Waals surface area contributed by atoms with Crippen LogP contribution < -0.4 is 5.73 Å². The zero-order chi connectivity index (χ0) is 15.3. The number of aryl methyl sites for hydroxylation is 1. The van der Waals surface area contributed by atoms with Crippen LogP contribution in [0.15, 0.2) is 24.4 Å². The highest BCUT2D eigenvalue weighted by Gasteiger charge is 2.34. The van der Waals surface area contributed by atoms with Crippen LogP contribution in [0, 0.1) is 0 Å². The summed E-state index contributed by atoms with van der Waals surface area (Å²) in [6.45, 7) is 0.799. The van der Waals surface area contributed by atoms with Gasteiger partial charge in [-0.25, -0.2) is 8.42 Å². The topological polar surface area (TPSA) is 85.5 Å². The van der Waals surface area contributed by atoms with E-state index in [1.54, 1.807) is 17.6 Å². The molecule has 2 rings (SSSR count). The summed E-state index contributed by atoms with van der Waals surface area (Å²) in [5.41, 5.74) is 6.53. The van der Waals surface area contributed by atoms with Crippen LogP contribution in [0.4, 0.5) is 0 Å². The molecule has 0 aromatic carbocycles. The number of methoxy groups -OCH3 is 1. The lowest BCUT2D eigenvalue weighted by Crippen LogP contribution is -2.51. The predicted octanol–water partition coefficient (Wildman–Crippen LogP) is 0.392. The summed E-state index contributed by atoms with van der Waals surface area (Å²) in [5, 5.41) is 0. The van der Waals surface area contributed by atoms with E-state index in [9.17, 15) is 8.42 Å². The van der Waals surface area contributed by atoms with Gasteiger partial charge in [-0.05, 0) is 25.0 Å². The minimum Gasteiger partial charge on any atom is -0.381 e. The highest BCUT2D eigenvalue weighted by atomic mass is 32.2. The molecule has 6 nitrogen and oxygen atoms in total. The van der Waals surface area contributed by atoms with E-state index in [1.807, 2.05) is 18.2 Å². The molecule has 0 amide bonds. The van der Waals surface area contributed by atoms with Gasteiger partial charge < -0.3 is 10.5 Å². The summed E-state index contributed by atoms with van der Waals surface area (Å²) in [6, 6.07) is 5.35. The lowest BCUT2D eigenvalue weighted by Gasteiger charge is -2.37. The smallest absolute Gasteiger partial charge is 0.214 e. The molecule has 0 spiro atoms. The number of hydrogen-bond donors (Lipinski definition) is 1. The number of hydrogen-bond acceptors (Lipinski definition) is 5. The van der Waals surface area contributed by atoms with Gasteiger partial charge >= 0.3 is 0 Å². The normalized spacial score (nSPS) is 24.1. The maximum Gasteiger partial charge on any atom is 0.214 e. The Morgan fingerprint density at radius 1 is 1.48 bits per heavy atom. The molecule has 1 aromatic heterocycles. The number of rotatable bonds is 6. The minimum absolute atomic E-state index is 0.0676. The fraction of sp³-hybridized carbons (Fsp3) is 0.643. The molecule has 2 heterocycles. The maximum atomic E-state index is 12.5. The third-order valence-electron chi connectivity index (χ3n) is 3.92. The van der Waals surface area contributed by atoms with Gasteiger partial charge in [-0.15, -0.1) is 0 Å². The van der Waals surface area contributed by atoms with Crippen molar-refractivity contribution in [2.24, 2.45) is 5.73 Å². The van der Waals surface area contributed by atoms with E-state index in [2.05, 4.69) is 4.98 Å². The molecule has 0 bridgehead atoms. The van der Waals surface area contributed by atoms with Gasteiger partial charge in [0.1, 0.15) is 0 Å². The third kappa shape index (κ3) is 4.23. The Bertz CT molecular complexity index is 536. The monoisotopic (exact) mass is 313 g/mol. The minimum atomic E-state index is -3.32. The second kappa shape index (κ2) is 7.31. The molecule has 2 atom stereocenters. The Balaban J connectivity index is 2.01. The van der Waals surface area contributed by atoms with Crippen LogP contribution in [-0.4, -0.2) is 55.8 Å². The average molecular weight is 313 g/mol. The maximum absolute atomic E-state index is 12.5. The Kier molecular flexibility index (Phi) is 5.69. The Morgan fingerprint density at radius 2 is 2.29 bits per heavy atom. The van der Waals surface area contributed by atoms with Crippen molar-refractivity contribution >= 4 is 10.0 Å². The van der Waals surface area contributed by atoms with Crippen LogP contribution in [0.1, 0.15) is 18.5 Å². The first-order chi connectivity index (χ1) is 10.1. The summed E-state index contributed by atoms with van der Waals surface area (Å²) in [7, 11) is -1.66. The molecule has 21 heavy (non-hydrogen) atoms. The first kappa shape index (κ1) is 16.4. The number of pyridine rings is 1. The number of aromatic nitrogens is 1. The lowest BCUT2D eigenvalue weighted by atomic mass is 10.0. The standard InChI is InChI=1S/C14H23N3O3S/c1-20-14-5-8-17(13(10-14)11-15)21(18,19)9-6-12-4-2-3-7-16-12/h2-4,7,13-14H,5-6,8-11,15H2,1H3. The SMILES string of the molecule is COC1CCN(S(=O)(=O)CCc2ccccn2)C(CN)C1. The highest BCUT2D eigenvalue weighted by molar-refractivity contribution is 7.89. The molecule has 0 aliphatic carbocycles. The van der Waals surface area contributed by atoms with Gasteiger partial charge in [-0.2, -0.15) is 4.31 Å². The predicted molar refractivity (Wildman–Crippen MR) is 81.3 cm³/mol. The molecule has 1 saturated heterocycles. The summed E-state index contributed by atoms with van der Waals surface area (Å²) in [6.07, 6.45) is 3.58. The Morgan fingerprint density at radius 3 is 2.90 bits per heavy atom. The summed E-state index contributed by atoms with van der Waals surface area (Å²) in [4.78, 5) is 4.16. The molecule has 2 N–H and O–H groups in total. The van der Waals surface area contributed by atoms with E-state index < -0.39 is 10.0 Å². The van der Waals surface area contributed by atoms with E-state index in [0.717, 1.165) is 12.1 Å². The molecule has 0 radical (unpaired) electrons. The van der Waals surface area contributed by atoms with Crippen molar-refractivity contribution in [3.8, 4) is 0 Å². The van der Waals surface area contributed by atoms with Crippen LogP contribution in [0.5, 0.6) is 0 Å². The fourth-order valence-electron chi connectivity index (χ4n) is 2.68. The van der Waals surface area contributed by atoms with Crippen molar-refractivity contribution in [3.05, 3.63) is 30.1 Å². The molecule has 1 fully saturated rings. The van der Waals surface area contributed by atoms with Gasteiger partial charge in [-0.3, -0.25) is 4.98 Å². The van der Waals surface area contributed by atoms with Crippen molar-refractivity contribution in [2.45, 2.75) is 31.4 Å². The summed E-state index contributed by atoms with van der Waals surface area (Å²) in [5.74, 6) is 0.0676. The molecular weight excluding hydrogens is 290 g/mol. The molecule has 1 aliphatic rings. The largest absolute Gasteiger partial charge is 0.381 e. The van der Waals surface area contributed by atoms with E-state index >= 15 is 0 Å². The number of piperidine rings is 1. The van der Waals surface area contributed by atoms with Crippen LogP contribution in [-0.2, 0) is 21.2 Å². The van der Waals surface area contributed by atoms with Crippen LogP contribution in [0.25, 0.3) is 0 Å². The van der Waals surface area contributed by atoms with E-state index in [0.29, 0.717) is 25.9 Å². The molecule has 118 valence electrons. The highest BCUT2D eigenvalue weighted by Crippen LogP contribution is 2.22. The Hall–Kier alpha value is -1.02. The van der Waals surface area contributed by atoms with Gasteiger partial charge in [0.2, 0.25) is 10.0 Å². The van der Waals surface area contributed by atoms with E-state index in [-0.39, 0.29) is 17.9 Å². The van der Waals surface area contributed by atoms with Gasteiger partial charge in [-0.1, -0.05) is 6.07 Å². The van der Waals surface area contributed by atoms with Crippen molar-refractivity contribution < 1.29 is 13.2 Å².